The molecule has 6 nitrogen and oxygen atoms in total. The summed E-state index contributed by atoms with van der Waals surface area (Å²) < 4.78 is 7.01. The summed E-state index contributed by atoms with van der Waals surface area (Å²) >= 11 is 6.87. The Morgan fingerprint density at radius 2 is 1.64 bits per heavy atom. The van der Waals surface area contributed by atoms with Crippen molar-refractivity contribution in [1.29, 1.82) is 0 Å². The summed E-state index contributed by atoms with van der Waals surface area (Å²) in [6, 6.07) is 16.2. The van der Waals surface area contributed by atoms with E-state index in [1.807, 2.05) is 44.2 Å². The smallest absolute Gasteiger partial charge is 0.326 e. The number of hydrogen-bond donors (Lipinski definition) is 3. The van der Waals surface area contributed by atoms with E-state index in [1.165, 1.54) is 0 Å². The number of phenolic OH excluding ortho intramolecular Hbond substituents is 1. The van der Waals surface area contributed by atoms with Crippen LogP contribution >= 0.6 is 31.9 Å². The number of halogens is 2. The van der Waals surface area contributed by atoms with Crippen LogP contribution in [0, 0.1) is 0 Å². The molecule has 0 fully saturated rings. The highest BCUT2D eigenvalue weighted by atomic mass is 79.9. The number of benzene rings is 3. The van der Waals surface area contributed by atoms with Crippen LogP contribution in [-0.2, 0) is 11.2 Å². The lowest BCUT2D eigenvalue weighted by Crippen LogP contribution is -2.42. The van der Waals surface area contributed by atoms with Gasteiger partial charge in [0.15, 0.2) is 5.75 Å². The molecule has 1 unspecified atom stereocenters. The first-order valence-corrected chi connectivity index (χ1v) is 11.8. The highest BCUT2D eigenvalue weighted by molar-refractivity contribution is 9.11. The Hall–Kier alpha value is -2.84. The Balaban J connectivity index is 1.79. The number of aliphatic carboxylic acids is 1. The van der Waals surface area contributed by atoms with E-state index in [4.69, 9.17) is 4.74 Å². The number of carbonyl (C=O) groups is 2. The summed E-state index contributed by atoms with van der Waals surface area (Å²) in [5.41, 5.74) is 1.84. The average Bonchev–Trinajstić information content (AvgIpc) is 2.77. The topological polar surface area (TPSA) is 95.9 Å². The van der Waals surface area contributed by atoms with E-state index >= 15 is 0 Å². The van der Waals surface area contributed by atoms with Crippen molar-refractivity contribution in [3.8, 4) is 17.2 Å². The van der Waals surface area contributed by atoms with E-state index < -0.39 is 17.9 Å². The zero-order valence-electron chi connectivity index (χ0n) is 18.0. The van der Waals surface area contributed by atoms with Gasteiger partial charge in [0.05, 0.1) is 8.95 Å². The molecule has 0 aliphatic heterocycles. The van der Waals surface area contributed by atoms with Crippen LogP contribution in [0.2, 0.25) is 0 Å². The lowest BCUT2D eigenvalue weighted by Gasteiger charge is -2.17. The van der Waals surface area contributed by atoms with Crippen LogP contribution in [0.3, 0.4) is 0 Å². The molecule has 0 saturated carbocycles. The number of carbonyl (C=O) groups excluding carboxylic acids is 1. The molecular weight excluding hydrogens is 554 g/mol. The first-order chi connectivity index (χ1) is 15.7. The van der Waals surface area contributed by atoms with Crippen molar-refractivity contribution >= 4 is 43.7 Å². The maximum Gasteiger partial charge on any atom is 0.326 e. The fourth-order valence-electron chi connectivity index (χ4n) is 3.26. The number of hydrogen-bond acceptors (Lipinski definition) is 4. The standard InChI is InChI=1S/C25H23Br2NO5/c1-14(2)18-13-17(8-9-22(18)29)33-23-19(26)11-16(12-20(23)27)24(30)28-21(25(31)32)10-15-6-4-3-5-7-15/h3-9,11-14,21,29H,10H2,1-2H3,(H,28,30)(H,31,32). The van der Waals surface area contributed by atoms with Crippen LogP contribution in [0.5, 0.6) is 17.2 Å². The van der Waals surface area contributed by atoms with Crippen LogP contribution < -0.4 is 10.1 Å². The van der Waals surface area contributed by atoms with Gasteiger partial charge in [0, 0.05) is 17.5 Å². The molecule has 0 radical (unpaired) electrons. The van der Waals surface area contributed by atoms with Crippen LogP contribution in [-0.4, -0.2) is 28.1 Å². The third kappa shape index (κ3) is 6.36. The van der Waals surface area contributed by atoms with E-state index in [2.05, 4.69) is 37.2 Å². The van der Waals surface area contributed by atoms with Gasteiger partial charge < -0.3 is 20.3 Å². The molecular formula is C25H23Br2NO5. The minimum atomic E-state index is -1.11. The molecule has 0 aromatic heterocycles. The van der Waals surface area contributed by atoms with Gasteiger partial charge in [-0.3, -0.25) is 4.79 Å². The van der Waals surface area contributed by atoms with Crippen LogP contribution in [0.4, 0.5) is 0 Å². The second kappa shape index (κ2) is 10.9. The Morgan fingerprint density at radius 1 is 1.00 bits per heavy atom. The van der Waals surface area contributed by atoms with Gasteiger partial charge in [-0.05, 0) is 73.7 Å². The fraction of sp³-hybridized carbons (Fsp3) is 0.200. The summed E-state index contributed by atoms with van der Waals surface area (Å²) in [6.07, 6.45) is 0.171. The predicted molar refractivity (Wildman–Crippen MR) is 133 cm³/mol. The summed E-state index contributed by atoms with van der Waals surface area (Å²) in [6.45, 7) is 3.94. The third-order valence-electron chi connectivity index (χ3n) is 4.99. The van der Waals surface area contributed by atoms with E-state index in [9.17, 15) is 19.8 Å². The highest BCUT2D eigenvalue weighted by Crippen LogP contribution is 2.39. The van der Waals surface area contributed by atoms with Gasteiger partial charge in [0.2, 0.25) is 0 Å². The van der Waals surface area contributed by atoms with Crippen molar-refractivity contribution in [3.63, 3.8) is 0 Å². The molecule has 3 aromatic carbocycles. The van der Waals surface area contributed by atoms with Gasteiger partial charge >= 0.3 is 5.97 Å². The van der Waals surface area contributed by atoms with Crippen molar-refractivity contribution in [3.05, 3.63) is 86.3 Å². The van der Waals surface area contributed by atoms with Crippen molar-refractivity contribution in [2.45, 2.75) is 32.2 Å². The van der Waals surface area contributed by atoms with Crippen molar-refractivity contribution in [1.82, 2.24) is 5.32 Å². The van der Waals surface area contributed by atoms with Crippen LogP contribution in [0.25, 0.3) is 0 Å². The van der Waals surface area contributed by atoms with Gasteiger partial charge in [0.25, 0.3) is 5.91 Å². The normalized spacial score (nSPS) is 11.8. The monoisotopic (exact) mass is 575 g/mol. The minimum absolute atomic E-state index is 0.115. The fourth-order valence-corrected chi connectivity index (χ4v) is 4.60. The quantitative estimate of drug-likeness (QED) is 0.294. The largest absolute Gasteiger partial charge is 0.508 e. The number of carboxylic acid groups (broad SMARTS) is 1. The number of nitrogens with one attached hydrogen (secondary N) is 1. The van der Waals surface area contributed by atoms with Gasteiger partial charge in [-0.2, -0.15) is 0 Å². The molecule has 0 bridgehead atoms. The van der Waals surface area contributed by atoms with Crippen molar-refractivity contribution < 1.29 is 24.5 Å². The molecule has 0 aliphatic rings. The zero-order valence-corrected chi connectivity index (χ0v) is 21.2. The summed E-state index contributed by atoms with van der Waals surface area (Å²) in [5, 5.41) is 22.2. The Bertz CT molecular complexity index is 1140. The number of carboxylic acids is 1. The van der Waals surface area contributed by atoms with E-state index in [1.54, 1.807) is 30.3 Å². The average molecular weight is 577 g/mol. The van der Waals surface area contributed by atoms with E-state index in [0.717, 1.165) is 11.1 Å². The number of amides is 1. The first kappa shape index (κ1) is 24.8. The number of ether oxygens (including phenoxy) is 1. The molecule has 3 rings (SSSR count). The molecule has 0 aliphatic carbocycles. The molecule has 3 N–H and O–H groups in total. The van der Waals surface area contributed by atoms with Gasteiger partial charge in [-0.25, -0.2) is 4.79 Å². The highest BCUT2D eigenvalue weighted by Gasteiger charge is 2.23. The molecule has 33 heavy (non-hydrogen) atoms. The molecule has 3 aromatic rings. The van der Waals surface area contributed by atoms with E-state index in [-0.39, 0.29) is 23.7 Å². The Kier molecular flexibility index (Phi) is 8.15. The Labute approximate surface area is 208 Å². The molecule has 0 heterocycles. The van der Waals surface area contributed by atoms with Gasteiger partial charge in [-0.15, -0.1) is 0 Å². The number of rotatable bonds is 8. The van der Waals surface area contributed by atoms with E-state index in [0.29, 0.717) is 20.4 Å². The molecule has 8 heteroatoms. The maximum atomic E-state index is 12.8. The molecule has 1 amide bonds. The minimum Gasteiger partial charge on any atom is -0.508 e. The van der Waals surface area contributed by atoms with Crippen molar-refractivity contribution in [2.75, 3.05) is 0 Å². The molecule has 0 spiro atoms. The molecule has 1 atom stereocenters. The second-order valence-electron chi connectivity index (χ2n) is 7.80. The number of phenols is 1. The lowest BCUT2D eigenvalue weighted by molar-refractivity contribution is -0.139. The Morgan fingerprint density at radius 3 is 2.21 bits per heavy atom. The summed E-state index contributed by atoms with van der Waals surface area (Å²) in [5.74, 6) is -0.331. The first-order valence-electron chi connectivity index (χ1n) is 10.2. The molecule has 0 saturated heterocycles. The zero-order chi connectivity index (χ0) is 24.1. The summed E-state index contributed by atoms with van der Waals surface area (Å²) in [7, 11) is 0. The van der Waals surface area contributed by atoms with Gasteiger partial charge in [0.1, 0.15) is 17.5 Å². The SMILES string of the molecule is CC(C)c1cc(Oc2c(Br)cc(C(=O)NC(Cc3ccccc3)C(=O)O)cc2Br)ccc1O. The second-order valence-corrected chi connectivity index (χ2v) is 9.51. The summed E-state index contributed by atoms with van der Waals surface area (Å²) in [4.78, 5) is 24.5. The van der Waals surface area contributed by atoms with Crippen LogP contribution in [0.15, 0.2) is 69.6 Å². The number of aromatic hydroxyl groups is 1. The van der Waals surface area contributed by atoms with Crippen LogP contribution in [0.1, 0.15) is 41.3 Å². The van der Waals surface area contributed by atoms with Crippen molar-refractivity contribution in [2.24, 2.45) is 0 Å². The molecule has 172 valence electrons. The third-order valence-corrected chi connectivity index (χ3v) is 6.17. The lowest BCUT2D eigenvalue weighted by atomic mass is 10.0. The van der Waals surface area contributed by atoms with Gasteiger partial charge in [-0.1, -0.05) is 44.2 Å². The maximum absolute atomic E-state index is 12.8. The predicted octanol–water partition coefficient (Wildman–Crippen LogP) is 6.26.